The van der Waals surface area contributed by atoms with Crippen molar-refractivity contribution < 1.29 is 8.42 Å². The van der Waals surface area contributed by atoms with E-state index in [1.54, 1.807) is 0 Å². The fourth-order valence-electron chi connectivity index (χ4n) is 1.30. The number of benzene rings is 1. The molecule has 0 aliphatic rings. The van der Waals surface area contributed by atoms with E-state index in [4.69, 9.17) is 28.9 Å². The minimum atomic E-state index is -3.90. The summed E-state index contributed by atoms with van der Waals surface area (Å²) in [6.45, 7) is 0. The first kappa shape index (κ1) is 15.3. The van der Waals surface area contributed by atoms with E-state index in [2.05, 4.69) is 30.6 Å². The molecule has 2 rings (SSSR count). The molecule has 20 heavy (non-hydrogen) atoms. The van der Waals surface area contributed by atoms with Crippen molar-refractivity contribution >= 4 is 60.8 Å². The van der Waals surface area contributed by atoms with Crippen LogP contribution in [-0.2, 0) is 10.0 Å². The highest BCUT2D eigenvalue weighted by molar-refractivity contribution is 9.10. The second-order valence-electron chi connectivity index (χ2n) is 3.63. The van der Waals surface area contributed by atoms with Crippen molar-refractivity contribution in [3.8, 4) is 0 Å². The van der Waals surface area contributed by atoms with E-state index in [9.17, 15) is 8.42 Å². The maximum Gasteiger partial charge on any atom is 0.265 e. The van der Waals surface area contributed by atoms with Crippen molar-refractivity contribution in [2.24, 2.45) is 0 Å². The molecule has 0 saturated heterocycles. The largest absolute Gasteiger partial charge is 0.368 e. The van der Waals surface area contributed by atoms with Gasteiger partial charge in [-0.2, -0.15) is 0 Å². The Morgan fingerprint density at radius 2 is 1.65 bits per heavy atom. The van der Waals surface area contributed by atoms with Gasteiger partial charge in [0.15, 0.2) is 0 Å². The Balaban J connectivity index is 2.41. The summed E-state index contributed by atoms with van der Waals surface area (Å²) in [6, 6.07) is 3.04. The van der Waals surface area contributed by atoms with Gasteiger partial charge in [0.05, 0.1) is 28.1 Å². The number of hydrogen-bond donors (Lipinski definition) is 2. The standard InChI is InChI=1S/C10H7BrCl2N4O2S/c11-5-1-7(12)9(8(13)2-5)17-20(18,19)6-3-15-10(14)16-4-6/h1-4,17H,(H2,14,15,16). The highest BCUT2D eigenvalue weighted by Gasteiger charge is 2.19. The molecule has 0 aliphatic heterocycles. The fourth-order valence-corrected chi connectivity index (χ4v) is 3.70. The molecule has 0 amide bonds. The Labute approximate surface area is 133 Å². The number of anilines is 2. The number of sulfonamides is 1. The van der Waals surface area contributed by atoms with Gasteiger partial charge in [-0.05, 0) is 12.1 Å². The van der Waals surface area contributed by atoms with Crippen molar-refractivity contribution in [3.63, 3.8) is 0 Å². The molecule has 0 spiro atoms. The lowest BCUT2D eigenvalue weighted by molar-refractivity contribution is 0.600. The number of halogens is 3. The number of nitrogen functional groups attached to an aromatic ring is 1. The van der Waals surface area contributed by atoms with Gasteiger partial charge < -0.3 is 5.73 Å². The van der Waals surface area contributed by atoms with Crippen LogP contribution in [0.4, 0.5) is 11.6 Å². The summed E-state index contributed by atoms with van der Waals surface area (Å²) in [7, 11) is -3.90. The zero-order valence-corrected chi connectivity index (χ0v) is 13.6. The second-order valence-corrected chi connectivity index (χ2v) is 7.04. The smallest absolute Gasteiger partial charge is 0.265 e. The molecule has 0 fully saturated rings. The molecule has 0 bridgehead atoms. The molecular weight excluding hydrogens is 391 g/mol. The van der Waals surface area contributed by atoms with Crippen LogP contribution in [0.15, 0.2) is 33.9 Å². The van der Waals surface area contributed by atoms with E-state index >= 15 is 0 Å². The summed E-state index contributed by atoms with van der Waals surface area (Å²) in [5, 5.41) is 0.314. The molecule has 0 saturated carbocycles. The summed E-state index contributed by atoms with van der Waals surface area (Å²) >= 11 is 15.1. The molecular formula is C10H7BrCl2N4O2S. The van der Waals surface area contributed by atoms with E-state index < -0.39 is 10.0 Å². The van der Waals surface area contributed by atoms with E-state index in [0.29, 0.717) is 4.47 Å². The van der Waals surface area contributed by atoms with Gasteiger partial charge in [-0.3, -0.25) is 4.72 Å². The van der Waals surface area contributed by atoms with Crippen LogP contribution in [0.1, 0.15) is 0 Å². The van der Waals surface area contributed by atoms with Crippen LogP contribution in [0.3, 0.4) is 0 Å². The van der Waals surface area contributed by atoms with Gasteiger partial charge in [0, 0.05) is 4.47 Å². The van der Waals surface area contributed by atoms with Crippen LogP contribution in [-0.4, -0.2) is 18.4 Å². The highest BCUT2D eigenvalue weighted by atomic mass is 79.9. The van der Waals surface area contributed by atoms with Gasteiger partial charge in [-0.1, -0.05) is 39.1 Å². The van der Waals surface area contributed by atoms with Crippen LogP contribution in [0.25, 0.3) is 0 Å². The molecule has 10 heteroatoms. The predicted octanol–water partition coefficient (Wildman–Crippen LogP) is 2.93. The maximum absolute atomic E-state index is 12.1. The van der Waals surface area contributed by atoms with Crippen molar-refractivity contribution in [2.45, 2.75) is 4.90 Å². The van der Waals surface area contributed by atoms with Gasteiger partial charge in [-0.25, -0.2) is 18.4 Å². The van der Waals surface area contributed by atoms with Gasteiger partial charge in [-0.15, -0.1) is 0 Å². The van der Waals surface area contributed by atoms with E-state index in [1.807, 2.05) is 0 Å². The molecule has 0 aliphatic carbocycles. The third-order valence-electron chi connectivity index (χ3n) is 2.20. The van der Waals surface area contributed by atoms with Crippen molar-refractivity contribution in [2.75, 3.05) is 10.5 Å². The average molecular weight is 398 g/mol. The Bertz CT molecular complexity index is 729. The summed E-state index contributed by atoms with van der Waals surface area (Å²) < 4.78 is 27.2. The summed E-state index contributed by atoms with van der Waals surface area (Å²) in [4.78, 5) is 7.09. The normalized spacial score (nSPS) is 11.3. The molecule has 0 radical (unpaired) electrons. The molecule has 0 unspecified atom stereocenters. The zero-order chi connectivity index (χ0) is 14.9. The lowest BCUT2D eigenvalue weighted by Crippen LogP contribution is -2.14. The van der Waals surface area contributed by atoms with Gasteiger partial charge in [0.25, 0.3) is 10.0 Å². The maximum atomic E-state index is 12.1. The van der Waals surface area contributed by atoms with Crippen LogP contribution < -0.4 is 10.5 Å². The third kappa shape index (κ3) is 3.32. The van der Waals surface area contributed by atoms with E-state index in [-0.39, 0.29) is 26.6 Å². The summed E-state index contributed by atoms with van der Waals surface area (Å²) in [5.74, 6) is -0.0244. The minimum Gasteiger partial charge on any atom is -0.368 e. The lowest BCUT2D eigenvalue weighted by Gasteiger charge is -2.11. The molecule has 3 N–H and O–H groups in total. The monoisotopic (exact) mass is 396 g/mol. The average Bonchev–Trinajstić information content (AvgIpc) is 2.34. The number of aromatic nitrogens is 2. The van der Waals surface area contributed by atoms with Crippen molar-refractivity contribution in [3.05, 3.63) is 39.0 Å². The van der Waals surface area contributed by atoms with Crippen LogP contribution in [0, 0.1) is 0 Å². The first-order chi connectivity index (χ1) is 9.29. The van der Waals surface area contributed by atoms with E-state index in [0.717, 1.165) is 12.4 Å². The second kappa shape index (κ2) is 5.72. The van der Waals surface area contributed by atoms with Gasteiger partial charge >= 0.3 is 0 Å². The van der Waals surface area contributed by atoms with Crippen molar-refractivity contribution in [1.29, 1.82) is 0 Å². The molecule has 0 atom stereocenters. The topological polar surface area (TPSA) is 98.0 Å². The Morgan fingerprint density at radius 1 is 1.15 bits per heavy atom. The van der Waals surface area contributed by atoms with Crippen LogP contribution in [0.5, 0.6) is 0 Å². The molecule has 1 heterocycles. The summed E-state index contributed by atoms with van der Waals surface area (Å²) in [6.07, 6.45) is 2.18. The van der Waals surface area contributed by atoms with Gasteiger partial charge in [0.1, 0.15) is 4.90 Å². The Kier molecular flexibility index (Phi) is 4.38. The first-order valence-corrected chi connectivity index (χ1v) is 8.07. The molecule has 1 aromatic heterocycles. The number of hydrogen-bond acceptors (Lipinski definition) is 5. The Morgan fingerprint density at radius 3 is 2.15 bits per heavy atom. The minimum absolute atomic E-state index is 0.0244. The Hall–Kier alpha value is -1.09. The molecule has 2 aromatic rings. The first-order valence-electron chi connectivity index (χ1n) is 5.04. The van der Waals surface area contributed by atoms with Crippen LogP contribution in [0.2, 0.25) is 10.0 Å². The quantitative estimate of drug-likeness (QED) is 0.829. The highest BCUT2D eigenvalue weighted by Crippen LogP contribution is 2.35. The predicted molar refractivity (Wildman–Crippen MR) is 81.4 cm³/mol. The van der Waals surface area contributed by atoms with E-state index in [1.165, 1.54) is 12.1 Å². The molecule has 1 aromatic carbocycles. The summed E-state index contributed by atoms with van der Waals surface area (Å²) in [5.41, 5.74) is 5.38. The number of nitrogens with one attached hydrogen (secondary N) is 1. The number of nitrogens with two attached hydrogens (primary N) is 1. The van der Waals surface area contributed by atoms with Crippen molar-refractivity contribution in [1.82, 2.24) is 9.97 Å². The lowest BCUT2D eigenvalue weighted by atomic mass is 10.3. The zero-order valence-electron chi connectivity index (χ0n) is 9.64. The molecule has 6 nitrogen and oxygen atoms in total. The van der Waals surface area contributed by atoms with Gasteiger partial charge in [0.2, 0.25) is 5.95 Å². The fraction of sp³-hybridized carbons (Fsp3) is 0. The van der Waals surface area contributed by atoms with Crippen LogP contribution >= 0.6 is 39.1 Å². The SMILES string of the molecule is Nc1ncc(S(=O)(=O)Nc2c(Cl)cc(Br)cc2Cl)cn1. The number of nitrogens with zero attached hydrogens (tertiary/aromatic N) is 2. The molecule has 106 valence electrons. The number of rotatable bonds is 3. The third-order valence-corrected chi connectivity index (χ3v) is 4.56.